The molecule has 416 valence electrons. The average Bonchev–Trinajstić information content (AvgIpc) is 3.58. The number of allylic oxidation sites excluding steroid dienone is 1. The van der Waals surface area contributed by atoms with Gasteiger partial charge in [0.2, 0.25) is 12.3 Å². The first-order valence-electron chi connectivity index (χ1n) is 26.6. The summed E-state index contributed by atoms with van der Waals surface area (Å²) in [6.45, 7) is 24.8. The van der Waals surface area contributed by atoms with Crippen LogP contribution >= 0.6 is 0 Å². The van der Waals surface area contributed by atoms with Crippen molar-refractivity contribution in [2.45, 2.75) is 161 Å². The lowest BCUT2D eigenvalue weighted by molar-refractivity contribution is -0.209. The first kappa shape index (κ1) is 65.1. The molecular formula is C54H95N3O15. The highest BCUT2D eigenvalue weighted by atomic mass is 16.6. The van der Waals surface area contributed by atoms with E-state index < -0.39 is 12.0 Å². The Labute approximate surface area is 431 Å². The van der Waals surface area contributed by atoms with Crippen LogP contribution < -0.4 is 5.32 Å². The van der Waals surface area contributed by atoms with E-state index in [1.165, 1.54) is 17.7 Å². The SMILES string of the molecule is C/C=C\C(=O)N(C=O)CCC(=O)NCCOCCOCCN(C)CC(C)O.C=C1COC(CCC(O)CCC2C3OC4CCC(CC(=O)CC5CCOC5)OC4C(O)C23)C1.C=C1COCCC1C.CC.CO. The largest absolute Gasteiger partial charge is 0.400 e. The van der Waals surface area contributed by atoms with Gasteiger partial charge in [0.25, 0.3) is 5.91 Å². The van der Waals surface area contributed by atoms with Gasteiger partial charge in [-0.1, -0.05) is 40.0 Å². The Morgan fingerprint density at radius 3 is 2.21 bits per heavy atom. The number of amides is 3. The van der Waals surface area contributed by atoms with Crippen LogP contribution in [0.3, 0.4) is 0 Å². The first-order chi connectivity index (χ1) is 34.7. The number of aliphatic hydroxyl groups is 4. The van der Waals surface area contributed by atoms with Gasteiger partial charge in [0, 0.05) is 78.3 Å². The minimum Gasteiger partial charge on any atom is -0.400 e. The number of ether oxygens (including phenoxy) is 7. The average molecular weight is 1030 g/mol. The summed E-state index contributed by atoms with van der Waals surface area (Å²) >= 11 is 0. The molecule has 5 N–H and O–H groups in total. The smallest absolute Gasteiger partial charge is 0.252 e. The van der Waals surface area contributed by atoms with Crippen LogP contribution in [0.5, 0.6) is 0 Å². The highest BCUT2D eigenvalue weighted by Gasteiger charge is 2.63. The molecule has 6 aliphatic rings. The number of likely N-dealkylation sites (N-methyl/N-ethyl adjacent to an activating group) is 1. The number of Topliss-reactive ketones (excluding diaryl/α,β-unsaturated/α-hetero) is 1. The summed E-state index contributed by atoms with van der Waals surface area (Å²) in [6, 6.07) is 0. The van der Waals surface area contributed by atoms with Crippen LogP contribution in [0.25, 0.3) is 0 Å². The molecule has 0 aromatic carbocycles. The van der Waals surface area contributed by atoms with E-state index in [9.17, 15) is 34.5 Å². The number of carbonyl (C=O) groups is 4. The predicted molar refractivity (Wildman–Crippen MR) is 275 cm³/mol. The molecule has 12 unspecified atom stereocenters. The fourth-order valence-corrected chi connectivity index (χ4v) is 9.37. The summed E-state index contributed by atoms with van der Waals surface area (Å²) in [5.41, 5.74) is 2.39. The lowest BCUT2D eigenvalue weighted by Crippen LogP contribution is -2.52. The second kappa shape index (κ2) is 37.7. The molecule has 5 saturated heterocycles. The van der Waals surface area contributed by atoms with Gasteiger partial charge in [-0.3, -0.25) is 24.1 Å². The van der Waals surface area contributed by atoms with E-state index in [2.05, 4.69) is 25.4 Å². The van der Waals surface area contributed by atoms with Gasteiger partial charge in [-0.2, -0.15) is 0 Å². The number of nitrogens with one attached hydrogen (secondary N) is 1. The number of nitrogens with zero attached hydrogens (tertiary/aromatic N) is 2. The summed E-state index contributed by atoms with van der Waals surface area (Å²) in [5, 5.41) is 40.3. The van der Waals surface area contributed by atoms with Gasteiger partial charge < -0.3 is 63.8 Å². The lowest BCUT2D eigenvalue weighted by atomic mass is 9.90. The van der Waals surface area contributed by atoms with Crippen molar-refractivity contribution in [3.63, 3.8) is 0 Å². The molecule has 5 aliphatic heterocycles. The predicted octanol–water partition coefficient (Wildman–Crippen LogP) is 4.19. The third kappa shape index (κ3) is 25.5. The van der Waals surface area contributed by atoms with Crippen molar-refractivity contribution >= 4 is 24.0 Å². The number of hydrogen-bond donors (Lipinski definition) is 5. The Morgan fingerprint density at radius 2 is 1.60 bits per heavy atom. The molecule has 18 heteroatoms. The van der Waals surface area contributed by atoms with Crippen LogP contribution in [-0.4, -0.2) is 203 Å². The molecule has 0 aromatic heterocycles. The first-order valence-corrected chi connectivity index (χ1v) is 26.6. The Hall–Kier alpha value is -2.98. The summed E-state index contributed by atoms with van der Waals surface area (Å²) < 4.78 is 39.5. The molecule has 6 fully saturated rings. The number of ketones is 1. The van der Waals surface area contributed by atoms with E-state index in [-0.39, 0.29) is 79.2 Å². The number of aliphatic hydroxyl groups excluding tert-OH is 4. The molecule has 3 amide bonds. The minimum atomic E-state index is -0.546. The molecule has 0 spiro atoms. The van der Waals surface area contributed by atoms with Crippen LogP contribution in [-0.2, 0) is 52.3 Å². The maximum absolute atomic E-state index is 12.5. The van der Waals surface area contributed by atoms with E-state index >= 15 is 0 Å². The summed E-state index contributed by atoms with van der Waals surface area (Å²) in [6.07, 6.45) is 10.6. The number of hydrogen-bond acceptors (Lipinski definition) is 16. The summed E-state index contributed by atoms with van der Waals surface area (Å²) in [4.78, 5) is 49.4. The van der Waals surface area contributed by atoms with Gasteiger partial charge in [-0.25, -0.2) is 0 Å². The van der Waals surface area contributed by atoms with Gasteiger partial charge in [0.1, 0.15) is 11.9 Å². The normalized spacial score (nSPS) is 28.0. The lowest BCUT2D eigenvalue weighted by Gasteiger charge is -2.41. The molecule has 72 heavy (non-hydrogen) atoms. The van der Waals surface area contributed by atoms with Crippen LogP contribution in [0, 0.1) is 23.7 Å². The van der Waals surface area contributed by atoms with Crippen LogP contribution in [0.2, 0.25) is 0 Å². The molecule has 0 radical (unpaired) electrons. The molecule has 0 aromatic rings. The van der Waals surface area contributed by atoms with E-state index in [4.69, 9.17) is 38.3 Å². The monoisotopic (exact) mass is 1030 g/mol. The minimum absolute atomic E-state index is 0.0384. The molecule has 0 bridgehead atoms. The van der Waals surface area contributed by atoms with Crippen molar-refractivity contribution < 1.29 is 72.8 Å². The fourth-order valence-electron chi connectivity index (χ4n) is 9.37. The summed E-state index contributed by atoms with van der Waals surface area (Å²) in [7, 11) is 2.92. The van der Waals surface area contributed by atoms with Crippen LogP contribution in [0.15, 0.2) is 36.5 Å². The topological polar surface area (TPSA) is 232 Å². The molecule has 5 heterocycles. The third-order valence-electron chi connectivity index (χ3n) is 13.5. The van der Waals surface area contributed by atoms with Crippen molar-refractivity contribution in [2.24, 2.45) is 23.7 Å². The van der Waals surface area contributed by atoms with Crippen molar-refractivity contribution in [2.75, 3.05) is 99.8 Å². The fraction of sp³-hybridized carbons (Fsp3) is 0.815. The Bertz CT molecular complexity index is 1580. The van der Waals surface area contributed by atoms with Crippen molar-refractivity contribution in [3.8, 4) is 0 Å². The highest BCUT2D eigenvalue weighted by molar-refractivity contribution is 5.94. The maximum Gasteiger partial charge on any atom is 0.252 e. The van der Waals surface area contributed by atoms with Crippen molar-refractivity contribution in [1.82, 2.24) is 15.1 Å². The molecule has 1 saturated carbocycles. The van der Waals surface area contributed by atoms with Gasteiger partial charge in [-0.15, -0.1) is 0 Å². The Kier molecular flexibility index (Phi) is 34.1. The third-order valence-corrected chi connectivity index (χ3v) is 13.5. The van der Waals surface area contributed by atoms with Crippen LogP contribution in [0.1, 0.15) is 112 Å². The number of imide groups is 1. The zero-order chi connectivity index (χ0) is 53.4. The standard InChI is InChI=1S/C26H40O7.C18H33N3O6.C7H12O.C2H6.CH4O/c1-15-10-19(31-13-15)4-2-17(27)3-6-21-23-24(29)26-22(33-25(21)23)7-5-20(32-26)12-18(28)11-16-8-9-30-14-16;1-4-5-18(25)21(15-22)8-6-17(24)19-7-10-26-12-13-27-11-9-20(3)14-16(2)23;1-6-3-4-8-5-7(6)2;2*1-2/h16-17,19-27,29H,1-14H2;4-5,15-16,23H,6-14H2,1-3H3,(H,19,24);6H,2-5H2,1H3;1-2H3;2H,1H3/b;5-4-;;;. The van der Waals surface area contributed by atoms with E-state index in [0.717, 1.165) is 102 Å². The van der Waals surface area contributed by atoms with Crippen molar-refractivity contribution in [3.05, 3.63) is 36.5 Å². The van der Waals surface area contributed by atoms with Crippen LogP contribution in [0.4, 0.5) is 0 Å². The van der Waals surface area contributed by atoms with E-state index in [1.54, 1.807) is 13.8 Å². The van der Waals surface area contributed by atoms with Gasteiger partial charge >= 0.3 is 0 Å². The van der Waals surface area contributed by atoms with Gasteiger partial charge in [0.15, 0.2) is 0 Å². The van der Waals surface area contributed by atoms with E-state index in [1.807, 2.05) is 25.8 Å². The molecule has 12 atom stereocenters. The summed E-state index contributed by atoms with van der Waals surface area (Å²) in [5.74, 6) is 0.953. The number of rotatable bonds is 26. The molecule has 1 aliphatic carbocycles. The Balaban J connectivity index is 0.000000409. The molecular weight excluding hydrogens is 931 g/mol. The Morgan fingerprint density at radius 1 is 0.889 bits per heavy atom. The van der Waals surface area contributed by atoms with Crippen molar-refractivity contribution in [1.29, 1.82) is 0 Å². The second-order valence-electron chi connectivity index (χ2n) is 19.5. The van der Waals surface area contributed by atoms with Gasteiger partial charge in [0.05, 0.1) is 82.4 Å². The van der Waals surface area contributed by atoms with E-state index in [0.29, 0.717) is 83.8 Å². The molecule has 6 rings (SSSR count). The zero-order valence-electron chi connectivity index (χ0n) is 44.9. The zero-order valence-corrected chi connectivity index (χ0v) is 44.9. The molecule has 18 nitrogen and oxygen atoms in total. The highest BCUT2D eigenvalue weighted by Crippen LogP contribution is 2.54. The number of carbonyl (C=O) groups excluding carboxylic acids is 4. The van der Waals surface area contributed by atoms with Gasteiger partial charge in [-0.05, 0) is 114 Å². The maximum atomic E-state index is 12.5. The number of fused-ring (bicyclic) bond motifs is 2. The second-order valence-corrected chi connectivity index (χ2v) is 19.5. The quantitative estimate of drug-likeness (QED) is 0.0354.